The van der Waals surface area contributed by atoms with Crippen LogP contribution in [0.4, 0.5) is 22.9 Å². The molecule has 26 heavy (non-hydrogen) atoms. The zero-order chi connectivity index (χ0) is 18.4. The molecule has 128 valence electrons. The number of nitrogens with zero attached hydrogens (tertiary/aromatic N) is 5. The van der Waals surface area contributed by atoms with E-state index in [4.69, 9.17) is 0 Å². The molecule has 0 spiro atoms. The summed E-state index contributed by atoms with van der Waals surface area (Å²) in [5.41, 5.74) is 1.44. The Labute approximate surface area is 148 Å². The summed E-state index contributed by atoms with van der Waals surface area (Å²) in [6.45, 7) is 0. The van der Waals surface area contributed by atoms with Crippen LogP contribution in [-0.2, 0) is 0 Å². The lowest BCUT2D eigenvalue weighted by molar-refractivity contribution is -0.384. The Morgan fingerprint density at radius 1 is 1.00 bits per heavy atom. The van der Waals surface area contributed by atoms with E-state index in [1.165, 1.54) is 36.5 Å². The molecule has 3 rings (SSSR count). The Morgan fingerprint density at radius 3 is 2.42 bits per heavy atom. The molecule has 3 aromatic rings. The van der Waals surface area contributed by atoms with Crippen molar-refractivity contribution in [1.82, 2.24) is 4.98 Å². The molecule has 0 amide bonds. The van der Waals surface area contributed by atoms with E-state index in [0.29, 0.717) is 22.8 Å². The Bertz CT molecular complexity index is 970. The lowest BCUT2D eigenvalue weighted by atomic mass is 10.2. The summed E-state index contributed by atoms with van der Waals surface area (Å²) in [5.74, 6) is 0.573. The zero-order valence-corrected chi connectivity index (χ0v) is 13.4. The zero-order valence-electron chi connectivity index (χ0n) is 13.4. The fourth-order valence-corrected chi connectivity index (χ4v) is 2.03. The van der Waals surface area contributed by atoms with Crippen molar-refractivity contribution < 1.29 is 10.0 Å². The second kappa shape index (κ2) is 7.75. The van der Waals surface area contributed by atoms with Crippen molar-refractivity contribution in [3.63, 3.8) is 0 Å². The van der Waals surface area contributed by atoms with E-state index in [1.807, 2.05) is 6.07 Å². The molecule has 0 saturated heterocycles. The van der Waals surface area contributed by atoms with E-state index in [1.54, 1.807) is 30.5 Å². The van der Waals surface area contributed by atoms with E-state index in [9.17, 15) is 15.2 Å². The maximum absolute atomic E-state index is 10.6. The van der Waals surface area contributed by atoms with Gasteiger partial charge in [0, 0.05) is 30.1 Å². The molecule has 0 fully saturated rings. The van der Waals surface area contributed by atoms with Crippen LogP contribution < -0.4 is 0 Å². The minimum Gasteiger partial charge on any atom is -0.507 e. The highest BCUT2D eigenvalue weighted by Crippen LogP contribution is 2.25. The predicted octanol–water partition coefficient (Wildman–Crippen LogP) is 4.86. The van der Waals surface area contributed by atoms with Crippen molar-refractivity contribution in [2.24, 2.45) is 15.2 Å². The van der Waals surface area contributed by atoms with Gasteiger partial charge in [0.15, 0.2) is 5.82 Å². The SMILES string of the molecule is O=[N+]([O-])c1ccc(N=Nc2ccc(O)c(/C=N/c3ccccn3)c2)cc1. The quantitative estimate of drug-likeness (QED) is 0.307. The Hall–Kier alpha value is -3.94. The second-order valence-electron chi connectivity index (χ2n) is 5.16. The van der Waals surface area contributed by atoms with Gasteiger partial charge in [-0.3, -0.25) is 10.1 Å². The first kappa shape index (κ1) is 16.9. The smallest absolute Gasteiger partial charge is 0.269 e. The Kier molecular flexibility index (Phi) is 5.04. The molecule has 0 aliphatic rings. The highest BCUT2D eigenvalue weighted by molar-refractivity contribution is 5.86. The summed E-state index contributed by atoms with van der Waals surface area (Å²) in [5, 5.41) is 28.7. The van der Waals surface area contributed by atoms with Crippen molar-refractivity contribution in [3.05, 3.63) is 82.5 Å². The number of aliphatic imine (C=N–C) groups is 1. The molecule has 0 unspecified atom stereocenters. The average molecular weight is 347 g/mol. The van der Waals surface area contributed by atoms with Crippen LogP contribution in [0.1, 0.15) is 5.56 Å². The lowest BCUT2D eigenvalue weighted by Crippen LogP contribution is -1.85. The first-order valence-corrected chi connectivity index (χ1v) is 7.56. The molecule has 0 saturated carbocycles. The van der Waals surface area contributed by atoms with Gasteiger partial charge < -0.3 is 5.11 Å². The third-order valence-corrected chi connectivity index (χ3v) is 3.34. The van der Waals surface area contributed by atoms with Crippen LogP contribution in [-0.4, -0.2) is 21.2 Å². The molecular formula is C18H13N5O3. The number of azo groups is 1. The molecular weight excluding hydrogens is 334 g/mol. The van der Waals surface area contributed by atoms with Crippen molar-refractivity contribution in [2.75, 3.05) is 0 Å². The van der Waals surface area contributed by atoms with E-state index in [-0.39, 0.29) is 11.4 Å². The van der Waals surface area contributed by atoms with Gasteiger partial charge in [0.1, 0.15) is 5.75 Å². The normalized spacial score (nSPS) is 11.2. The van der Waals surface area contributed by atoms with E-state index in [0.717, 1.165) is 0 Å². The number of aromatic hydroxyl groups is 1. The largest absolute Gasteiger partial charge is 0.507 e. The van der Waals surface area contributed by atoms with Gasteiger partial charge in [0.05, 0.1) is 16.3 Å². The van der Waals surface area contributed by atoms with Crippen molar-refractivity contribution >= 4 is 29.1 Å². The first-order valence-electron chi connectivity index (χ1n) is 7.56. The van der Waals surface area contributed by atoms with Crippen LogP contribution in [0.3, 0.4) is 0 Å². The maximum atomic E-state index is 10.6. The number of benzene rings is 2. The van der Waals surface area contributed by atoms with Crippen molar-refractivity contribution in [2.45, 2.75) is 0 Å². The molecule has 8 heteroatoms. The third kappa shape index (κ3) is 4.32. The summed E-state index contributed by atoms with van der Waals surface area (Å²) >= 11 is 0. The number of phenols is 1. The highest BCUT2D eigenvalue weighted by atomic mass is 16.6. The standard InChI is InChI=1S/C18H13N5O3/c24-17-9-6-15(11-13(17)12-20-18-3-1-2-10-19-18)22-21-14-4-7-16(8-5-14)23(25)26/h1-12,24H/b20-12+,22-21?. The fraction of sp³-hybridized carbons (Fsp3) is 0. The van der Waals surface area contributed by atoms with Crippen LogP contribution in [0, 0.1) is 10.1 Å². The molecule has 1 aromatic heterocycles. The minimum atomic E-state index is -0.478. The Morgan fingerprint density at radius 2 is 1.73 bits per heavy atom. The number of hydrogen-bond acceptors (Lipinski definition) is 7. The van der Waals surface area contributed by atoms with Gasteiger partial charge in [-0.1, -0.05) is 6.07 Å². The van der Waals surface area contributed by atoms with Gasteiger partial charge in [0.2, 0.25) is 0 Å². The van der Waals surface area contributed by atoms with Crippen molar-refractivity contribution in [3.8, 4) is 5.75 Å². The molecule has 1 heterocycles. The molecule has 8 nitrogen and oxygen atoms in total. The van der Waals surface area contributed by atoms with Gasteiger partial charge in [-0.05, 0) is 42.5 Å². The summed E-state index contributed by atoms with van der Waals surface area (Å²) in [4.78, 5) is 18.4. The Balaban J connectivity index is 1.78. The number of rotatable bonds is 5. The summed E-state index contributed by atoms with van der Waals surface area (Å²) < 4.78 is 0. The highest BCUT2D eigenvalue weighted by Gasteiger charge is 2.04. The van der Waals surface area contributed by atoms with Crippen LogP contribution >= 0.6 is 0 Å². The van der Waals surface area contributed by atoms with E-state index < -0.39 is 4.92 Å². The van der Waals surface area contributed by atoms with Crippen LogP contribution in [0.5, 0.6) is 5.75 Å². The van der Waals surface area contributed by atoms with Gasteiger partial charge in [-0.15, -0.1) is 0 Å². The maximum Gasteiger partial charge on any atom is 0.269 e. The number of nitro groups is 1. The van der Waals surface area contributed by atoms with Gasteiger partial charge in [-0.2, -0.15) is 10.2 Å². The molecule has 1 N–H and O–H groups in total. The summed E-state index contributed by atoms with van der Waals surface area (Å²) in [7, 11) is 0. The molecule has 0 atom stereocenters. The van der Waals surface area contributed by atoms with Crippen LogP contribution in [0.2, 0.25) is 0 Å². The summed E-state index contributed by atoms with van der Waals surface area (Å²) in [6.07, 6.45) is 3.12. The van der Waals surface area contributed by atoms with E-state index >= 15 is 0 Å². The topological polar surface area (TPSA) is 113 Å². The number of pyridine rings is 1. The monoisotopic (exact) mass is 347 g/mol. The molecule has 0 radical (unpaired) electrons. The van der Waals surface area contributed by atoms with Gasteiger partial charge in [0.25, 0.3) is 5.69 Å². The number of phenolic OH excluding ortho intramolecular Hbond substituents is 1. The number of aromatic nitrogens is 1. The van der Waals surface area contributed by atoms with Crippen molar-refractivity contribution in [1.29, 1.82) is 0 Å². The average Bonchev–Trinajstić information content (AvgIpc) is 2.67. The third-order valence-electron chi connectivity index (χ3n) is 3.34. The molecule has 0 bridgehead atoms. The van der Waals surface area contributed by atoms with Crippen LogP contribution in [0.15, 0.2) is 82.1 Å². The minimum absolute atomic E-state index is 0.0124. The first-order chi connectivity index (χ1) is 12.6. The van der Waals surface area contributed by atoms with Gasteiger partial charge in [-0.25, -0.2) is 9.98 Å². The number of non-ortho nitro benzene ring substituents is 1. The molecule has 0 aliphatic heterocycles. The molecule has 0 aliphatic carbocycles. The molecule has 2 aromatic carbocycles. The van der Waals surface area contributed by atoms with Gasteiger partial charge >= 0.3 is 0 Å². The van der Waals surface area contributed by atoms with Crippen LogP contribution in [0.25, 0.3) is 0 Å². The second-order valence-corrected chi connectivity index (χ2v) is 5.16. The summed E-state index contributed by atoms with van der Waals surface area (Å²) in [6, 6.07) is 15.8. The number of hydrogen-bond donors (Lipinski definition) is 1. The number of nitro benzene ring substituents is 1. The fourth-order valence-electron chi connectivity index (χ4n) is 2.03. The van der Waals surface area contributed by atoms with E-state index in [2.05, 4.69) is 20.2 Å². The lowest BCUT2D eigenvalue weighted by Gasteiger charge is -2.00. The predicted molar refractivity (Wildman–Crippen MR) is 96.9 cm³/mol.